The van der Waals surface area contributed by atoms with E-state index >= 15 is 0 Å². The Morgan fingerprint density at radius 1 is 1.18 bits per heavy atom. The van der Waals surface area contributed by atoms with E-state index in [-0.39, 0.29) is 0 Å². The topological polar surface area (TPSA) is 27.8 Å². The van der Waals surface area contributed by atoms with Gasteiger partial charge in [-0.25, -0.2) is 0 Å². The lowest BCUT2D eigenvalue weighted by Gasteiger charge is -2.18. The summed E-state index contributed by atoms with van der Waals surface area (Å²) < 4.78 is 0. The molecule has 1 aromatic carbocycles. The average Bonchev–Trinajstić information content (AvgIpc) is 2.67. The summed E-state index contributed by atoms with van der Waals surface area (Å²) in [7, 11) is 0. The van der Waals surface area contributed by atoms with E-state index in [2.05, 4.69) is 61.5 Å². The minimum atomic E-state index is 0.361. The highest BCUT2D eigenvalue weighted by Gasteiger charge is 2.09. The molecular weight excluding hydrogens is 208 g/mol. The van der Waals surface area contributed by atoms with Gasteiger partial charge >= 0.3 is 0 Å². The Morgan fingerprint density at radius 2 is 1.94 bits per heavy atom. The zero-order valence-corrected chi connectivity index (χ0v) is 11.0. The van der Waals surface area contributed by atoms with Gasteiger partial charge in [0.2, 0.25) is 0 Å². The Balaban J connectivity index is 1.91. The second kappa shape index (κ2) is 4.92. The van der Waals surface area contributed by atoms with Gasteiger partial charge in [0.05, 0.1) is 0 Å². The Hall–Kier alpha value is -1.28. The van der Waals surface area contributed by atoms with Gasteiger partial charge in [0, 0.05) is 23.6 Å². The van der Waals surface area contributed by atoms with E-state index in [4.69, 9.17) is 0 Å². The fraction of sp³-hybridized carbons (Fsp3) is 0.467. The first-order valence-electron chi connectivity index (χ1n) is 6.32. The first-order chi connectivity index (χ1) is 8.06. The number of para-hydroxylation sites is 1. The summed E-state index contributed by atoms with van der Waals surface area (Å²) in [6.07, 6.45) is 3.21. The van der Waals surface area contributed by atoms with Gasteiger partial charge in [-0.15, -0.1) is 0 Å². The number of rotatable bonds is 4. The highest BCUT2D eigenvalue weighted by molar-refractivity contribution is 5.83. The molecule has 17 heavy (non-hydrogen) atoms. The summed E-state index contributed by atoms with van der Waals surface area (Å²) in [5.41, 5.74) is 3.00. The fourth-order valence-corrected chi connectivity index (χ4v) is 2.02. The smallest absolute Gasteiger partial charge is 0.0456 e. The molecule has 0 aliphatic rings. The molecule has 0 saturated carbocycles. The van der Waals surface area contributed by atoms with Gasteiger partial charge in [-0.1, -0.05) is 39.0 Å². The maximum Gasteiger partial charge on any atom is 0.0456 e. The van der Waals surface area contributed by atoms with Crippen molar-refractivity contribution in [2.24, 2.45) is 5.41 Å². The van der Waals surface area contributed by atoms with Gasteiger partial charge in [0.25, 0.3) is 0 Å². The van der Waals surface area contributed by atoms with Crippen molar-refractivity contribution in [1.82, 2.24) is 10.3 Å². The minimum Gasteiger partial charge on any atom is -0.361 e. The van der Waals surface area contributed by atoms with E-state index < -0.39 is 0 Å². The maximum absolute atomic E-state index is 3.51. The lowest BCUT2D eigenvalue weighted by atomic mass is 9.97. The van der Waals surface area contributed by atoms with Crippen LogP contribution in [0.15, 0.2) is 30.5 Å². The van der Waals surface area contributed by atoms with E-state index in [1.165, 1.54) is 16.5 Å². The van der Waals surface area contributed by atoms with E-state index in [1.54, 1.807) is 0 Å². The van der Waals surface area contributed by atoms with E-state index in [0.717, 1.165) is 19.5 Å². The summed E-state index contributed by atoms with van der Waals surface area (Å²) in [5, 5.41) is 4.87. The molecule has 2 rings (SSSR count). The summed E-state index contributed by atoms with van der Waals surface area (Å²) in [6.45, 7) is 8.87. The Labute approximate surface area is 103 Å². The van der Waals surface area contributed by atoms with Gasteiger partial charge < -0.3 is 10.3 Å². The number of aromatic amines is 1. The maximum atomic E-state index is 3.51. The molecule has 1 heterocycles. The second-order valence-electron chi connectivity index (χ2n) is 5.85. The monoisotopic (exact) mass is 230 g/mol. The van der Waals surface area contributed by atoms with Crippen LogP contribution in [0.1, 0.15) is 26.3 Å². The van der Waals surface area contributed by atoms with Gasteiger partial charge in [-0.05, 0) is 30.0 Å². The van der Waals surface area contributed by atoms with Crippen molar-refractivity contribution in [1.29, 1.82) is 0 Å². The third-order valence-electron chi connectivity index (χ3n) is 2.90. The summed E-state index contributed by atoms with van der Waals surface area (Å²) >= 11 is 0. The minimum absolute atomic E-state index is 0.361. The molecule has 2 N–H and O–H groups in total. The normalized spacial score (nSPS) is 12.2. The van der Waals surface area contributed by atoms with Crippen molar-refractivity contribution >= 4 is 10.9 Å². The van der Waals surface area contributed by atoms with Crippen molar-refractivity contribution in [2.75, 3.05) is 13.1 Å². The Bertz CT molecular complexity index is 477. The Morgan fingerprint density at radius 3 is 2.71 bits per heavy atom. The molecular formula is C15H22N2. The quantitative estimate of drug-likeness (QED) is 0.775. The molecule has 2 heteroatoms. The lowest BCUT2D eigenvalue weighted by Crippen LogP contribution is -2.28. The number of fused-ring (bicyclic) bond motifs is 1. The van der Waals surface area contributed by atoms with Crippen LogP contribution in [0, 0.1) is 5.41 Å². The van der Waals surface area contributed by atoms with E-state index in [1.807, 2.05) is 0 Å². The van der Waals surface area contributed by atoms with Gasteiger partial charge in [-0.3, -0.25) is 0 Å². The van der Waals surface area contributed by atoms with Gasteiger partial charge in [0.1, 0.15) is 0 Å². The molecule has 0 radical (unpaired) electrons. The molecule has 1 aromatic heterocycles. The van der Waals surface area contributed by atoms with Crippen LogP contribution in [0.5, 0.6) is 0 Å². The summed E-state index contributed by atoms with van der Waals surface area (Å²) in [4.78, 5) is 3.32. The molecule has 0 bridgehead atoms. The van der Waals surface area contributed by atoms with Crippen LogP contribution in [0.4, 0.5) is 0 Å². The van der Waals surface area contributed by atoms with E-state index in [0.29, 0.717) is 5.41 Å². The highest BCUT2D eigenvalue weighted by atomic mass is 14.9. The largest absolute Gasteiger partial charge is 0.361 e. The fourth-order valence-electron chi connectivity index (χ4n) is 2.02. The molecule has 0 spiro atoms. The first kappa shape index (κ1) is 12.2. The number of hydrogen-bond donors (Lipinski definition) is 2. The molecule has 2 nitrogen and oxygen atoms in total. The molecule has 0 atom stereocenters. The number of aromatic nitrogens is 1. The molecule has 0 aliphatic carbocycles. The highest BCUT2D eigenvalue weighted by Crippen LogP contribution is 2.17. The predicted octanol–water partition coefficient (Wildman–Crippen LogP) is 3.35. The SMILES string of the molecule is CC(C)(C)CNCCc1c[nH]c2ccccc12. The van der Waals surface area contributed by atoms with Crippen molar-refractivity contribution in [2.45, 2.75) is 27.2 Å². The molecule has 0 aliphatic heterocycles. The van der Waals surface area contributed by atoms with Gasteiger partial charge in [0.15, 0.2) is 0 Å². The zero-order chi connectivity index (χ0) is 12.3. The molecule has 0 unspecified atom stereocenters. The summed E-state index contributed by atoms with van der Waals surface area (Å²) in [5.74, 6) is 0. The Kier molecular flexibility index (Phi) is 3.53. The van der Waals surface area contributed by atoms with Crippen molar-refractivity contribution in [3.05, 3.63) is 36.0 Å². The standard InChI is InChI=1S/C15H22N2/c1-15(2,3)11-16-9-8-12-10-17-14-7-5-4-6-13(12)14/h4-7,10,16-17H,8-9,11H2,1-3H3. The second-order valence-corrected chi connectivity index (χ2v) is 5.85. The van der Waals surface area contributed by atoms with Gasteiger partial charge in [-0.2, -0.15) is 0 Å². The predicted molar refractivity (Wildman–Crippen MR) is 74.3 cm³/mol. The average molecular weight is 230 g/mol. The number of benzene rings is 1. The molecule has 0 fully saturated rings. The van der Waals surface area contributed by atoms with Crippen LogP contribution >= 0.6 is 0 Å². The number of H-pyrrole nitrogens is 1. The van der Waals surface area contributed by atoms with Crippen LogP contribution in [-0.4, -0.2) is 18.1 Å². The number of hydrogen-bond acceptors (Lipinski definition) is 1. The zero-order valence-electron chi connectivity index (χ0n) is 11.0. The van der Waals surface area contributed by atoms with Crippen LogP contribution in [0.3, 0.4) is 0 Å². The van der Waals surface area contributed by atoms with Crippen LogP contribution in [0.25, 0.3) is 10.9 Å². The first-order valence-corrected chi connectivity index (χ1v) is 6.32. The molecule has 92 valence electrons. The van der Waals surface area contributed by atoms with Crippen LogP contribution < -0.4 is 5.32 Å². The number of nitrogens with one attached hydrogen (secondary N) is 2. The van der Waals surface area contributed by atoms with Crippen molar-refractivity contribution < 1.29 is 0 Å². The molecule has 0 saturated heterocycles. The van der Waals surface area contributed by atoms with Crippen molar-refractivity contribution in [3.8, 4) is 0 Å². The van der Waals surface area contributed by atoms with Crippen molar-refractivity contribution in [3.63, 3.8) is 0 Å². The van der Waals surface area contributed by atoms with Crippen LogP contribution in [0.2, 0.25) is 0 Å². The molecule has 0 amide bonds. The van der Waals surface area contributed by atoms with Crippen LogP contribution in [-0.2, 0) is 6.42 Å². The third-order valence-corrected chi connectivity index (χ3v) is 2.90. The summed E-state index contributed by atoms with van der Waals surface area (Å²) in [6, 6.07) is 8.48. The lowest BCUT2D eigenvalue weighted by molar-refractivity contribution is 0.382. The third kappa shape index (κ3) is 3.34. The molecule has 2 aromatic rings. The van der Waals surface area contributed by atoms with E-state index in [9.17, 15) is 0 Å².